The molecule has 4 nitrogen and oxygen atoms in total. The van der Waals surface area contributed by atoms with E-state index in [-0.39, 0.29) is 12.6 Å². The van der Waals surface area contributed by atoms with Crippen molar-refractivity contribution in [3.8, 4) is 0 Å². The Hall–Kier alpha value is -3.73. The number of aliphatic carboxylic acids is 1. The molecular formula is C31H31NO3. The second-order valence-corrected chi connectivity index (χ2v) is 8.69. The third-order valence-electron chi connectivity index (χ3n) is 6.08. The molecule has 0 aliphatic heterocycles. The van der Waals surface area contributed by atoms with Crippen LogP contribution in [0.5, 0.6) is 0 Å². The second kappa shape index (κ2) is 12.7. The molecule has 0 aliphatic carbocycles. The van der Waals surface area contributed by atoms with Crippen molar-refractivity contribution in [2.45, 2.75) is 38.3 Å². The van der Waals surface area contributed by atoms with Gasteiger partial charge in [0.2, 0.25) is 0 Å². The first-order chi connectivity index (χ1) is 17.2. The van der Waals surface area contributed by atoms with Crippen molar-refractivity contribution in [1.29, 1.82) is 0 Å². The highest BCUT2D eigenvalue weighted by molar-refractivity contribution is 5.73. The number of carboxylic acid groups (broad SMARTS) is 1. The summed E-state index contributed by atoms with van der Waals surface area (Å²) in [6, 6.07) is 39.8. The van der Waals surface area contributed by atoms with Gasteiger partial charge in [-0.3, -0.25) is 4.90 Å². The Morgan fingerprint density at radius 3 is 1.46 bits per heavy atom. The van der Waals surface area contributed by atoms with E-state index >= 15 is 0 Å². The Labute approximate surface area is 207 Å². The molecule has 0 amide bonds. The summed E-state index contributed by atoms with van der Waals surface area (Å²) in [7, 11) is 0. The Bertz CT molecular complexity index is 1110. The van der Waals surface area contributed by atoms with Crippen LogP contribution in [0.15, 0.2) is 121 Å². The number of hydrogen-bond acceptors (Lipinski definition) is 3. The lowest BCUT2D eigenvalue weighted by atomic mass is 9.97. The van der Waals surface area contributed by atoms with Gasteiger partial charge in [-0.05, 0) is 28.7 Å². The third-order valence-corrected chi connectivity index (χ3v) is 6.08. The van der Waals surface area contributed by atoms with Crippen LogP contribution in [-0.2, 0) is 35.6 Å². The molecule has 0 spiro atoms. The quantitative estimate of drug-likeness (QED) is 0.280. The summed E-state index contributed by atoms with van der Waals surface area (Å²) in [6.45, 7) is 1.48. The molecule has 0 fully saturated rings. The highest BCUT2D eigenvalue weighted by atomic mass is 16.5. The van der Waals surface area contributed by atoms with Crippen molar-refractivity contribution in [3.05, 3.63) is 144 Å². The molecule has 4 heteroatoms. The highest BCUT2D eigenvalue weighted by Crippen LogP contribution is 2.22. The van der Waals surface area contributed by atoms with Crippen molar-refractivity contribution in [1.82, 2.24) is 4.90 Å². The van der Waals surface area contributed by atoms with Gasteiger partial charge in [0.15, 0.2) is 6.10 Å². The second-order valence-electron chi connectivity index (χ2n) is 8.69. The number of carboxylic acids is 1. The summed E-state index contributed by atoms with van der Waals surface area (Å²) >= 11 is 0. The fourth-order valence-corrected chi connectivity index (χ4v) is 4.32. The predicted molar refractivity (Wildman–Crippen MR) is 139 cm³/mol. The molecule has 0 bridgehead atoms. The molecule has 2 atom stereocenters. The van der Waals surface area contributed by atoms with E-state index in [2.05, 4.69) is 29.2 Å². The minimum absolute atomic E-state index is 0.244. The number of carbonyl (C=O) groups is 1. The maximum absolute atomic E-state index is 12.6. The fraction of sp³-hybridized carbons (Fsp3) is 0.194. The van der Waals surface area contributed by atoms with E-state index in [4.69, 9.17) is 4.74 Å². The van der Waals surface area contributed by atoms with E-state index < -0.39 is 12.1 Å². The minimum Gasteiger partial charge on any atom is -0.479 e. The summed E-state index contributed by atoms with van der Waals surface area (Å²) < 4.78 is 6.14. The lowest BCUT2D eigenvalue weighted by Crippen LogP contribution is -2.49. The first kappa shape index (κ1) is 24.4. The first-order valence-corrected chi connectivity index (χ1v) is 11.9. The van der Waals surface area contributed by atoms with Crippen LogP contribution in [0.4, 0.5) is 0 Å². The van der Waals surface area contributed by atoms with Crippen molar-refractivity contribution in [2.75, 3.05) is 0 Å². The monoisotopic (exact) mass is 465 g/mol. The van der Waals surface area contributed by atoms with Crippen molar-refractivity contribution >= 4 is 5.97 Å². The van der Waals surface area contributed by atoms with Crippen molar-refractivity contribution in [3.63, 3.8) is 0 Å². The molecule has 0 saturated heterocycles. The molecule has 0 aromatic heterocycles. The smallest absolute Gasteiger partial charge is 0.334 e. The number of rotatable bonds is 12. The van der Waals surface area contributed by atoms with Gasteiger partial charge in [0.1, 0.15) is 0 Å². The van der Waals surface area contributed by atoms with Crippen LogP contribution in [0.1, 0.15) is 22.3 Å². The van der Waals surface area contributed by atoms with Crippen LogP contribution in [0.25, 0.3) is 0 Å². The van der Waals surface area contributed by atoms with Gasteiger partial charge in [0.05, 0.1) is 12.6 Å². The minimum atomic E-state index is -0.997. The maximum atomic E-state index is 12.6. The van der Waals surface area contributed by atoms with Crippen LogP contribution in [-0.4, -0.2) is 28.1 Å². The molecule has 178 valence electrons. The zero-order valence-corrected chi connectivity index (χ0v) is 19.7. The molecule has 0 heterocycles. The summed E-state index contributed by atoms with van der Waals surface area (Å²) in [5.74, 6) is -0.951. The Kier molecular flexibility index (Phi) is 8.82. The van der Waals surface area contributed by atoms with Crippen LogP contribution < -0.4 is 0 Å². The summed E-state index contributed by atoms with van der Waals surface area (Å²) in [5.41, 5.74) is 4.30. The molecule has 0 radical (unpaired) electrons. The van der Waals surface area contributed by atoms with Gasteiger partial charge in [-0.25, -0.2) is 4.79 Å². The van der Waals surface area contributed by atoms with E-state index in [1.165, 1.54) is 0 Å². The van der Waals surface area contributed by atoms with Gasteiger partial charge >= 0.3 is 5.97 Å². The predicted octanol–water partition coefficient (Wildman–Crippen LogP) is 5.97. The molecule has 0 saturated carbocycles. The average molecular weight is 466 g/mol. The van der Waals surface area contributed by atoms with E-state index in [9.17, 15) is 9.90 Å². The van der Waals surface area contributed by atoms with E-state index in [0.717, 1.165) is 22.3 Å². The Morgan fingerprint density at radius 2 is 1.03 bits per heavy atom. The molecule has 35 heavy (non-hydrogen) atoms. The van der Waals surface area contributed by atoms with Gasteiger partial charge in [0, 0.05) is 13.1 Å². The molecule has 0 aliphatic rings. The number of nitrogens with zero attached hydrogens (tertiary/aromatic N) is 1. The summed E-state index contributed by atoms with van der Waals surface area (Å²) in [4.78, 5) is 14.8. The summed E-state index contributed by atoms with van der Waals surface area (Å²) in [6.07, 6.45) is -0.436. The maximum Gasteiger partial charge on any atom is 0.334 e. The molecule has 1 unspecified atom stereocenters. The van der Waals surface area contributed by atoms with Gasteiger partial charge in [-0.15, -0.1) is 0 Å². The fourth-order valence-electron chi connectivity index (χ4n) is 4.32. The van der Waals surface area contributed by atoms with Gasteiger partial charge in [-0.2, -0.15) is 0 Å². The van der Waals surface area contributed by atoms with Gasteiger partial charge in [-0.1, -0.05) is 121 Å². The average Bonchev–Trinajstić information content (AvgIpc) is 2.90. The molecule has 4 rings (SSSR count). The largest absolute Gasteiger partial charge is 0.479 e. The number of benzene rings is 4. The van der Waals surface area contributed by atoms with Crippen LogP contribution in [0.2, 0.25) is 0 Å². The van der Waals surface area contributed by atoms with Crippen LogP contribution in [0.3, 0.4) is 0 Å². The number of ether oxygens (including phenoxy) is 1. The molecule has 1 N–H and O–H groups in total. The lowest BCUT2D eigenvalue weighted by Gasteiger charge is -2.36. The normalized spacial score (nSPS) is 12.8. The summed E-state index contributed by atoms with van der Waals surface area (Å²) in [5, 5.41) is 10.3. The zero-order chi connectivity index (χ0) is 24.3. The Morgan fingerprint density at radius 1 is 0.629 bits per heavy atom. The Balaban J connectivity index is 1.68. The lowest BCUT2D eigenvalue weighted by molar-refractivity contribution is -0.157. The molecule has 4 aromatic rings. The molecular weight excluding hydrogens is 434 g/mol. The topological polar surface area (TPSA) is 49.8 Å². The van der Waals surface area contributed by atoms with Gasteiger partial charge in [0.25, 0.3) is 0 Å². The van der Waals surface area contributed by atoms with Crippen molar-refractivity contribution in [2.24, 2.45) is 0 Å². The molecule has 4 aromatic carbocycles. The van der Waals surface area contributed by atoms with Crippen LogP contribution >= 0.6 is 0 Å². The van der Waals surface area contributed by atoms with E-state index in [1.807, 2.05) is 97.1 Å². The first-order valence-electron chi connectivity index (χ1n) is 11.9. The van der Waals surface area contributed by atoms with E-state index in [0.29, 0.717) is 19.5 Å². The van der Waals surface area contributed by atoms with Gasteiger partial charge < -0.3 is 9.84 Å². The van der Waals surface area contributed by atoms with Crippen molar-refractivity contribution < 1.29 is 14.6 Å². The number of hydrogen-bond donors (Lipinski definition) is 1. The van der Waals surface area contributed by atoms with E-state index in [1.54, 1.807) is 0 Å². The third kappa shape index (κ3) is 7.38. The SMILES string of the molecule is O=C(O)[C@@H](OCc1ccccc1)C(Cc1ccccc1)N(Cc1ccccc1)Cc1ccccc1. The highest BCUT2D eigenvalue weighted by Gasteiger charge is 2.34. The van der Waals surface area contributed by atoms with Crippen LogP contribution in [0, 0.1) is 0 Å². The zero-order valence-electron chi connectivity index (χ0n) is 19.7. The standard InChI is InChI=1S/C31H31NO3/c33-31(34)30(35-24-28-19-11-4-12-20-28)29(21-25-13-5-1-6-14-25)32(22-26-15-7-2-8-16-26)23-27-17-9-3-10-18-27/h1-20,29-30H,21-24H2,(H,33,34)/t29?,30-/m0/s1.